The van der Waals surface area contributed by atoms with Gasteiger partial charge in [-0.15, -0.1) is 0 Å². The average molecular weight is 290 g/mol. The van der Waals surface area contributed by atoms with E-state index in [1.165, 1.54) is 0 Å². The second-order valence-electron chi connectivity index (χ2n) is 6.10. The minimum Gasteiger partial charge on any atom is -0.395 e. The Bertz CT molecular complexity index is 481. The molecule has 1 aliphatic heterocycles. The summed E-state index contributed by atoms with van der Waals surface area (Å²) in [6.07, 6.45) is 3.19. The summed E-state index contributed by atoms with van der Waals surface area (Å²) < 4.78 is 0. The van der Waals surface area contributed by atoms with Crippen molar-refractivity contribution in [3.05, 3.63) is 29.3 Å². The van der Waals surface area contributed by atoms with Gasteiger partial charge in [0.2, 0.25) is 5.91 Å². The van der Waals surface area contributed by atoms with Crippen molar-refractivity contribution < 1.29 is 9.90 Å². The number of aliphatic hydroxyl groups excluding tert-OH is 1. The van der Waals surface area contributed by atoms with Gasteiger partial charge in [-0.1, -0.05) is 24.6 Å². The van der Waals surface area contributed by atoms with E-state index in [0.29, 0.717) is 12.6 Å². The zero-order valence-electron chi connectivity index (χ0n) is 13.2. The lowest BCUT2D eigenvalue weighted by Gasteiger charge is -2.39. The minimum absolute atomic E-state index is 0.000370. The predicted octanol–water partition coefficient (Wildman–Crippen LogP) is 2.48. The first-order chi connectivity index (χ1) is 10.0. The molecule has 0 bridgehead atoms. The van der Waals surface area contributed by atoms with Crippen LogP contribution in [0.1, 0.15) is 37.3 Å². The van der Waals surface area contributed by atoms with Gasteiger partial charge in [0.25, 0.3) is 0 Å². The maximum atomic E-state index is 12.4. The van der Waals surface area contributed by atoms with Crippen LogP contribution >= 0.6 is 0 Å². The number of benzene rings is 1. The summed E-state index contributed by atoms with van der Waals surface area (Å²) in [4.78, 5) is 14.5. The van der Waals surface area contributed by atoms with Crippen molar-refractivity contribution in [2.75, 3.05) is 18.5 Å². The molecule has 1 heterocycles. The summed E-state index contributed by atoms with van der Waals surface area (Å²) >= 11 is 0. The molecule has 2 unspecified atom stereocenters. The molecule has 1 aromatic rings. The van der Waals surface area contributed by atoms with Crippen LogP contribution in [0.15, 0.2) is 18.2 Å². The highest BCUT2D eigenvalue weighted by Crippen LogP contribution is 2.23. The summed E-state index contributed by atoms with van der Waals surface area (Å²) in [5.41, 5.74) is 3.07. The molecule has 4 nitrogen and oxygen atoms in total. The van der Waals surface area contributed by atoms with Gasteiger partial charge in [0.15, 0.2) is 0 Å². The Morgan fingerprint density at radius 1 is 1.33 bits per heavy atom. The maximum absolute atomic E-state index is 12.4. The van der Waals surface area contributed by atoms with Crippen LogP contribution in [0.25, 0.3) is 0 Å². The van der Waals surface area contributed by atoms with E-state index in [2.05, 4.69) is 17.1 Å². The van der Waals surface area contributed by atoms with Gasteiger partial charge in [-0.05, 0) is 44.7 Å². The van der Waals surface area contributed by atoms with Crippen LogP contribution in [0.5, 0.6) is 0 Å². The number of aryl methyl sites for hydroxylation is 2. The van der Waals surface area contributed by atoms with Crippen molar-refractivity contribution in [1.82, 2.24) is 4.90 Å². The third-order valence-electron chi connectivity index (χ3n) is 4.48. The monoisotopic (exact) mass is 290 g/mol. The topological polar surface area (TPSA) is 52.6 Å². The third-order valence-corrected chi connectivity index (χ3v) is 4.48. The molecule has 1 aromatic carbocycles. The zero-order chi connectivity index (χ0) is 15.4. The first-order valence-corrected chi connectivity index (χ1v) is 7.75. The molecule has 1 saturated heterocycles. The second-order valence-corrected chi connectivity index (χ2v) is 6.10. The number of nitrogens with one attached hydrogen (secondary N) is 1. The van der Waals surface area contributed by atoms with E-state index in [0.717, 1.165) is 36.1 Å². The second kappa shape index (κ2) is 7.05. The number of nitrogens with zero attached hydrogens (tertiary/aromatic N) is 1. The number of hydrogen-bond donors (Lipinski definition) is 2. The van der Waals surface area contributed by atoms with Crippen LogP contribution in [0, 0.1) is 13.8 Å². The van der Waals surface area contributed by atoms with Crippen LogP contribution in [-0.4, -0.2) is 41.1 Å². The predicted molar refractivity (Wildman–Crippen MR) is 85.4 cm³/mol. The van der Waals surface area contributed by atoms with Crippen LogP contribution in [0.3, 0.4) is 0 Å². The molecule has 1 amide bonds. The number of carbonyl (C=O) groups excluding carboxylic acids is 1. The van der Waals surface area contributed by atoms with Gasteiger partial charge in [-0.25, -0.2) is 0 Å². The molecule has 2 N–H and O–H groups in total. The highest BCUT2D eigenvalue weighted by molar-refractivity contribution is 5.93. The highest BCUT2D eigenvalue weighted by atomic mass is 16.3. The molecule has 1 fully saturated rings. The van der Waals surface area contributed by atoms with Crippen LogP contribution in [-0.2, 0) is 4.79 Å². The van der Waals surface area contributed by atoms with Crippen LogP contribution < -0.4 is 5.32 Å². The number of para-hydroxylation sites is 1. The van der Waals surface area contributed by atoms with Gasteiger partial charge in [0.1, 0.15) is 0 Å². The number of carbonyl (C=O) groups is 1. The molecule has 0 aliphatic carbocycles. The summed E-state index contributed by atoms with van der Waals surface area (Å²) in [7, 11) is 0. The number of aliphatic hydroxyl groups is 1. The van der Waals surface area contributed by atoms with E-state index >= 15 is 0 Å². The molecular formula is C17H26N2O2. The molecule has 2 atom stereocenters. The van der Waals surface area contributed by atoms with Crippen molar-refractivity contribution in [1.29, 1.82) is 0 Å². The van der Waals surface area contributed by atoms with Crippen molar-refractivity contribution in [2.24, 2.45) is 0 Å². The minimum atomic E-state index is -0.000370. The number of hydrogen-bond acceptors (Lipinski definition) is 3. The number of piperidine rings is 1. The Kier molecular flexibility index (Phi) is 5.37. The molecule has 1 aliphatic rings. The number of amides is 1. The zero-order valence-corrected chi connectivity index (χ0v) is 13.2. The van der Waals surface area contributed by atoms with Gasteiger partial charge in [-0.3, -0.25) is 9.69 Å². The van der Waals surface area contributed by atoms with Gasteiger partial charge >= 0.3 is 0 Å². The standard InChI is InChI=1S/C17H26N2O2/c1-12-6-4-7-13(2)17(12)18-16(21)10-19-14(3)8-5-9-15(19)11-20/h4,6-7,14-15,20H,5,8-11H2,1-3H3,(H,18,21). The Labute approximate surface area is 127 Å². The molecule has 116 valence electrons. The Balaban J connectivity index is 2.03. The number of anilines is 1. The van der Waals surface area contributed by atoms with E-state index in [1.54, 1.807) is 0 Å². The van der Waals surface area contributed by atoms with Gasteiger partial charge in [0, 0.05) is 17.8 Å². The molecule has 0 aromatic heterocycles. The molecule has 21 heavy (non-hydrogen) atoms. The maximum Gasteiger partial charge on any atom is 0.238 e. The molecular weight excluding hydrogens is 264 g/mol. The van der Waals surface area contributed by atoms with Crippen LogP contribution in [0.4, 0.5) is 5.69 Å². The van der Waals surface area contributed by atoms with Gasteiger partial charge in [0.05, 0.1) is 13.2 Å². The molecule has 2 rings (SSSR count). The average Bonchev–Trinajstić information content (AvgIpc) is 2.45. The Morgan fingerprint density at radius 3 is 2.62 bits per heavy atom. The van der Waals surface area contributed by atoms with Gasteiger partial charge in [-0.2, -0.15) is 0 Å². The van der Waals surface area contributed by atoms with Gasteiger partial charge < -0.3 is 10.4 Å². The lowest BCUT2D eigenvalue weighted by molar-refractivity contribution is -0.119. The van der Waals surface area contributed by atoms with E-state index in [1.807, 2.05) is 32.0 Å². The molecule has 4 heteroatoms. The number of likely N-dealkylation sites (tertiary alicyclic amines) is 1. The first kappa shape index (κ1) is 16.0. The summed E-state index contributed by atoms with van der Waals surface area (Å²) in [5, 5.41) is 12.5. The fraction of sp³-hybridized carbons (Fsp3) is 0.588. The summed E-state index contributed by atoms with van der Waals surface area (Å²) in [5.74, 6) is -0.000370. The van der Waals surface area contributed by atoms with E-state index < -0.39 is 0 Å². The van der Waals surface area contributed by atoms with E-state index in [4.69, 9.17) is 0 Å². The van der Waals surface area contributed by atoms with Crippen molar-refractivity contribution in [2.45, 2.75) is 52.1 Å². The smallest absolute Gasteiger partial charge is 0.238 e. The lowest BCUT2D eigenvalue weighted by atomic mass is 9.97. The fourth-order valence-electron chi connectivity index (χ4n) is 3.18. The lowest BCUT2D eigenvalue weighted by Crippen LogP contribution is -2.50. The normalized spacial score (nSPS) is 23.0. The quantitative estimate of drug-likeness (QED) is 0.895. The van der Waals surface area contributed by atoms with E-state index in [9.17, 15) is 9.90 Å². The Morgan fingerprint density at radius 2 is 2.00 bits per heavy atom. The first-order valence-electron chi connectivity index (χ1n) is 7.75. The van der Waals surface area contributed by atoms with Crippen molar-refractivity contribution in [3.63, 3.8) is 0 Å². The van der Waals surface area contributed by atoms with Crippen LogP contribution in [0.2, 0.25) is 0 Å². The highest BCUT2D eigenvalue weighted by Gasteiger charge is 2.28. The van der Waals surface area contributed by atoms with Crippen molar-refractivity contribution >= 4 is 11.6 Å². The molecule has 0 radical (unpaired) electrons. The third kappa shape index (κ3) is 3.83. The van der Waals surface area contributed by atoms with E-state index in [-0.39, 0.29) is 18.6 Å². The fourth-order valence-corrected chi connectivity index (χ4v) is 3.18. The SMILES string of the molecule is Cc1cccc(C)c1NC(=O)CN1C(C)CCCC1CO. The molecule has 0 spiro atoms. The summed E-state index contributed by atoms with van der Waals surface area (Å²) in [6.45, 7) is 6.61. The number of rotatable bonds is 4. The largest absolute Gasteiger partial charge is 0.395 e. The molecule has 0 saturated carbocycles. The van der Waals surface area contributed by atoms with Crippen molar-refractivity contribution in [3.8, 4) is 0 Å². The summed E-state index contributed by atoms with van der Waals surface area (Å²) in [6, 6.07) is 6.46. The Hall–Kier alpha value is -1.39.